The van der Waals surface area contributed by atoms with E-state index in [0.29, 0.717) is 30.3 Å². The Morgan fingerprint density at radius 1 is 1.15 bits per heavy atom. The monoisotopic (exact) mass is 393 g/mol. The van der Waals surface area contributed by atoms with Gasteiger partial charge in [0, 0.05) is 37.1 Å². The van der Waals surface area contributed by atoms with Gasteiger partial charge in [-0.05, 0) is 25.0 Å². The Bertz CT molecular complexity index is 739. The van der Waals surface area contributed by atoms with E-state index in [0.717, 1.165) is 10.6 Å². The number of nitrogens with one attached hydrogen (secondary N) is 1. The van der Waals surface area contributed by atoms with E-state index in [1.165, 1.54) is 18.0 Å². The molecule has 0 fully saturated rings. The van der Waals surface area contributed by atoms with Crippen LogP contribution in [0.25, 0.3) is 0 Å². The second-order valence-electron chi connectivity index (χ2n) is 6.33. The third kappa shape index (κ3) is 5.95. The van der Waals surface area contributed by atoms with Gasteiger partial charge in [0.2, 0.25) is 5.95 Å². The predicted molar refractivity (Wildman–Crippen MR) is 107 cm³/mol. The largest absolute Gasteiger partial charge is 0.451 e. The lowest BCUT2D eigenvalue weighted by Crippen LogP contribution is -2.23. The Hall–Kier alpha value is -2.10. The first-order valence-corrected chi connectivity index (χ1v) is 10.0. The van der Waals surface area contributed by atoms with E-state index in [-0.39, 0.29) is 31.0 Å². The van der Waals surface area contributed by atoms with Crippen LogP contribution in [-0.2, 0) is 0 Å². The molecule has 0 bridgehead atoms. The molecule has 2 rings (SSSR count). The molecular formula is C18H27N5O3S. The van der Waals surface area contributed by atoms with Gasteiger partial charge in [0.25, 0.3) is 0 Å². The fourth-order valence-corrected chi connectivity index (χ4v) is 2.88. The molecule has 2 heterocycles. The molecule has 0 spiro atoms. The van der Waals surface area contributed by atoms with Crippen molar-refractivity contribution in [3.63, 3.8) is 0 Å². The van der Waals surface area contributed by atoms with Crippen LogP contribution in [0.3, 0.4) is 0 Å². The minimum atomic E-state index is -0.136. The van der Waals surface area contributed by atoms with Crippen LogP contribution in [-0.4, -0.2) is 50.7 Å². The fourth-order valence-electron chi connectivity index (χ4n) is 2.50. The van der Waals surface area contributed by atoms with Crippen LogP contribution < -0.4 is 15.8 Å². The molecule has 0 aromatic carbocycles. The summed E-state index contributed by atoms with van der Waals surface area (Å²) < 4.78 is 5.99. The van der Waals surface area contributed by atoms with Crippen molar-refractivity contribution < 1.29 is 14.9 Å². The molecule has 0 atom stereocenters. The van der Waals surface area contributed by atoms with Crippen molar-refractivity contribution in [2.45, 2.75) is 43.7 Å². The molecule has 0 radical (unpaired) electrons. The molecule has 2 aromatic rings. The van der Waals surface area contributed by atoms with Crippen molar-refractivity contribution in [3.8, 4) is 11.5 Å². The van der Waals surface area contributed by atoms with E-state index in [2.05, 4.69) is 34.1 Å². The lowest BCUT2D eigenvalue weighted by atomic mass is 10.1. The number of anilines is 2. The molecule has 148 valence electrons. The average molecular weight is 394 g/mol. The van der Waals surface area contributed by atoms with E-state index in [1.807, 2.05) is 18.5 Å². The fraction of sp³-hybridized carbons (Fsp3) is 0.500. The van der Waals surface area contributed by atoms with Gasteiger partial charge in [-0.15, -0.1) is 11.8 Å². The minimum Gasteiger partial charge on any atom is -0.451 e. The maximum absolute atomic E-state index is 9.10. The molecule has 0 saturated heterocycles. The molecule has 9 heteroatoms. The maximum atomic E-state index is 9.10. The number of nitrogens with two attached hydrogens (primary N) is 1. The SMILES string of the molecule is CSc1cc(Oc2cnc(NC(CCO)CCO)nc2N)c(C(C)C)cn1. The molecule has 0 aliphatic rings. The number of hydrogen-bond donors (Lipinski definition) is 4. The average Bonchev–Trinajstić information content (AvgIpc) is 2.64. The molecule has 0 amide bonds. The third-order valence-electron chi connectivity index (χ3n) is 3.99. The molecule has 0 aliphatic heterocycles. The Morgan fingerprint density at radius 3 is 2.41 bits per heavy atom. The number of nitrogen functional groups attached to an aromatic ring is 1. The highest BCUT2D eigenvalue weighted by molar-refractivity contribution is 7.98. The van der Waals surface area contributed by atoms with E-state index in [1.54, 1.807) is 0 Å². The highest BCUT2D eigenvalue weighted by atomic mass is 32.2. The summed E-state index contributed by atoms with van der Waals surface area (Å²) in [5.41, 5.74) is 7.03. The summed E-state index contributed by atoms with van der Waals surface area (Å²) in [6, 6.07) is 1.74. The number of aliphatic hydroxyl groups excluding tert-OH is 2. The lowest BCUT2D eigenvalue weighted by Gasteiger charge is -2.18. The van der Waals surface area contributed by atoms with Crippen molar-refractivity contribution >= 4 is 23.5 Å². The topological polar surface area (TPSA) is 126 Å². The number of aliphatic hydroxyl groups is 2. The van der Waals surface area contributed by atoms with Gasteiger partial charge < -0.3 is 26.0 Å². The summed E-state index contributed by atoms with van der Waals surface area (Å²) in [4.78, 5) is 12.9. The van der Waals surface area contributed by atoms with Crippen LogP contribution in [0.15, 0.2) is 23.5 Å². The van der Waals surface area contributed by atoms with Crippen LogP contribution in [0, 0.1) is 0 Å². The van der Waals surface area contributed by atoms with Crippen molar-refractivity contribution in [3.05, 3.63) is 24.0 Å². The van der Waals surface area contributed by atoms with Gasteiger partial charge in [-0.3, -0.25) is 0 Å². The molecule has 8 nitrogen and oxygen atoms in total. The maximum Gasteiger partial charge on any atom is 0.225 e. The normalized spacial score (nSPS) is 11.2. The second-order valence-corrected chi connectivity index (χ2v) is 7.16. The van der Waals surface area contributed by atoms with Gasteiger partial charge >= 0.3 is 0 Å². The molecule has 27 heavy (non-hydrogen) atoms. The number of nitrogens with zero attached hydrogens (tertiary/aromatic N) is 3. The summed E-state index contributed by atoms with van der Waals surface area (Å²) in [5, 5.41) is 22.1. The van der Waals surface area contributed by atoms with Crippen LogP contribution in [0.1, 0.15) is 38.2 Å². The number of aromatic nitrogens is 3. The minimum absolute atomic E-state index is 0.00609. The number of hydrogen-bond acceptors (Lipinski definition) is 9. The molecule has 0 saturated carbocycles. The number of ether oxygens (including phenoxy) is 1. The van der Waals surface area contributed by atoms with Crippen LogP contribution >= 0.6 is 11.8 Å². The second kappa shape index (κ2) is 10.3. The van der Waals surface area contributed by atoms with Crippen LogP contribution in [0.2, 0.25) is 0 Å². The molecule has 5 N–H and O–H groups in total. The summed E-state index contributed by atoms with van der Waals surface area (Å²) >= 11 is 1.53. The number of pyridine rings is 1. The molecular weight excluding hydrogens is 366 g/mol. The molecule has 0 unspecified atom stereocenters. The number of rotatable bonds is 10. The third-order valence-corrected chi connectivity index (χ3v) is 4.63. The first-order chi connectivity index (χ1) is 13.0. The zero-order chi connectivity index (χ0) is 19.8. The van der Waals surface area contributed by atoms with Gasteiger partial charge in [0.05, 0.1) is 11.2 Å². The van der Waals surface area contributed by atoms with Crippen molar-refractivity contribution in [2.24, 2.45) is 0 Å². The first kappa shape index (κ1) is 21.2. The summed E-state index contributed by atoms with van der Waals surface area (Å²) in [5.74, 6) is 1.82. The summed E-state index contributed by atoms with van der Waals surface area (Å²) in [7, 11) is 0. The Morgan fingerprint density at radius 2 is 1.85 bits per heavy atom. The highest BCUT2D eigenvalue weighted by Crippen LogP contribution is 2.34. The summed E-state index contributed by atoms with van der Waals surface area (Å²) in [6.45, 7) is 4.15. The molecule has 2 aromatic heterocycles. The molecule has 0 aliphatic carbocycles. The van der Waals surface area contributed by atoms with Crippen LogP contribution in [0.4, 0.5) is 11.8 Å². The quantitative estimate of drug-likeness (QED) is 0.450. The number of thioether (sulfide) groups is 1. The predicted octanol–water partition coefficient (Wildman–Crippen LogP) is 2.64. The van der Waals surface area contributed by atoms with E-state index < -0.39 is 0 Å². The summed E-state index contributed by atoms with van der Waals surface area (Å²) in [6.07, 6.45) is 6.24. The van der Waals surface area contributed by atoms with Gasteiger partial charge in [0.15, 0.2) is 11.6 Å². The van der Waals surface area contributed by atoms with Gasteiger partial charge in [-0.25, -0.2) is 9.97 Å². The Kier molecular flexibility index (Phi) is 8.08. The van der Waals surface area contributed by atoms with E-state index >= 15 is 0 Å². The van der Waals surface area contributed by atoms with Gasteiger partial charge in [-0.2, -0.15) is 4.98 Å². The Labute approximate surface area is 163 Å². The highest BCUT2D eigenvalue weighted by Gasteiger charge is 2.15. The standard InChI is InChI=1S/C18H27N5O3S/c1-11(2)13-9-20-16(27-3)8-14(13)26-15-10-21-18(23-17(15)19)22-12(4-6-24)5-7-25/h8-12,24-25H,4-7H2,1-3H3,(H3,19,21,22,23). The van der Waals surface area contributed by atoms with Crippen LogP contribution in [0.5, 0.6) is 11.5 Å². The van der Waals surface area contributed by atoms with E-state index in [9.17, 15) is 0 Å². The Balaban J connectivity index is 2.21. The zero-order valence-corrected chi connectivity index (χ0v) is 16.7. The van der Waals surface area contributed by atoms with Crippen molar-refractivity contribution in [1.82, 2.24) is 15.0 Å². The van der Waals surface area contributed by atoms with E-state index in [4.69, 9.17) is 20.7 Å². The smallest absolute Gasteiger partial charge is 0.225 e. The first-order valence-electron chi connectivity index (χ1n) is 8.81. The van der Waals surface area contributed by atoms with Crippen molar-refractivity contribution in [2.75, 3.05) is 30.5 Å². The zero-order valence-electron chi connectivity index (χ0n) is 15.8. The lowest BCUT2D eigenvalue weighted by molar-refractivity contribution is 0.247. The van der Waals surface area contributed by atoms with Gasteiger partial charge in [-0.1, -0.05) is 13.8 Å². The van der Waals surface area contributed by atoms with Crippen molar-refractivity contribution in [1.29, 1.82) is 0 Å². The van der Waals surface area contributed by atoms with Gasteiger partial charge in [0.1, 0.15) is 5.75 Å².